The smallest absolute Gasteiger partial charge is 0.259 e. The van der Waals surface area contributed by atoms with E-state index in [2.05, 4.69) is 0 Å². The molecule has 1 rings (SSSR count). The Kier molecular flexibility index (Phi) is 5.77. The maximum atomic E-state index is 11.0. The molecule has 0 radical (unpaired) electrons. The molecule has 0 aliphatic rings. The summed E-state index contributed by atoms with van der Waals surface area (Å²) in [6.07, 6.45) is 1.34. The first-order chi connectivity index (χ1) is 9.97. The number of nitriles is 1. The number of nitrogens with two attached hydrogens (primary N) is 2. The Labute approximate surface area is 121 Å². The van der Waals surface area contributed by atoms with Crippen molar-refractivity contribution >= 4 is 17.9 Å². The molecule has 0 spiro atoms. The minimum Gasteiger partial charge on any atom is -0.490 e. The first-order valence-electron chi connectivity index (χ1n) is 6.07. The van der Waals surface area contributed by atoms with Gasteiger partial charge in [-0.15, -0.1) is 0 Å². The SMILES string of the molecule is CCOc1cc(/C=C(/C#N)C(N)=O)ccc1OCC(N)=O. The van der Waals surface area contributed by atoms with Crippen LogP contribution >= 0.6 is 0 Å². The van der Waals surface area contributed by atoms with Gasteiger partial charge in [0.1, 0.15) is 11.6 Å². The van der Waals surface area contributed by atoms with Gasteiger partial charge < -0.3 is 20.9 Å². The van der Waals surface area contributed by atoms with Gasteiger partial charge in [-0.1, -0.05) is 6.07 Å². The van der Waals surface area contributed by atoms with Crippen LogP contribution in [0.3, 0.4) is 0 Å². The van der Waals surface area contributed by atoms with E-state index in [1.807, 2.05) is 0 Å². The zero-order valence-electron chi connectivity index (χ0n) is 11.5. The summed E-state index contributed by atoms with van der Waals surface area (Å²) >= 11 is 0. The van der Waals surface area contributed by atoms with E-state index in [1.165, 1.54) is 6.08 Å². The van der Waals surface area contributed by atoms with Crippen LogP contribution in [0.2, 0.25) is 0 Å². The molecule has 21 heavy (non-hydrogen) atoms. The highest BCUT2D eigenvalue weighted by atomic mass is 16.5. The molecule has 1 aromatic carbocycles. The topological polar surface area (TPSA) is 128 Å². The molecule has 110 valence electrons. The molecule has 7 heteroatoms. The minimum atomic E-state index is -0.815. The van der Waals surface area contributed by atoms with E-state index < -0.39 is 11.8 Å². The summed E-state index contributed by atoms with van der Waals surface area (Å²) < 4.78 is 10.6. The average molecular weight is 289 g/mol. The van der Waals surface area contributed by atoms with Gasteiger partial charge in [-0.05, 0) is 30.7 Å². The number of nitrogens with zero attached hydrogens (tertiary/aromatic N) is 1. The fraction of sp³-hybridized carbons (Fsp3) is 0.214. The van der Waals surface area contributed by atoms with E-state index in [-0.39, 0.29) is 12.2 Å². The van der Waals surface area contributed by atoms with Crippen molar-refractivity contribution in [2.24, 2.45) is 11.5 Å². The number of rotatable bonds is 7. The molecule has 0 aromatic heterocycles. The zero-order chi connectivity index (χ0) is 15.8. The highest BCUT2D eigenvalue weighted by molar-refractivity contribution is 6.00. The second-order valence-corrected chi connectivity index (χ2v) is 3.93. The number of hydrogen-bond acceptors (Lipinski definition) is 5. The number of carbonyl (C=O) groups excluding carboxylic acids is 2. The third kappa shape index (κ3) is 4.87. The van der Waals surface area contributed by atoms with Gasteiger partial charge in [-0.3, -0.25) is 9.59 Å². The lowest BCUT2D eigenvalue weighted by atomic mass is 10.1. The molecule has 0 aliphatic carbocycles. The van der Waals surface area contributed by atoms with Crippen molar-refractivity contribution in [2.75, 3.05) is 13.2 Å². The van der Waals surface area contributed by atoms with E-state index in [0.717, 1.165) is 0 Å². The predicted octanol–water partition coefficient (Wildman–Crippen LogP) is 0.342. The fourth-order valence-electron chi connectivity index (χ4n) is 1.48. The van der Waals surface area contributed by atoms with Crippen molar-refractivity contribution in [1.29, 1.82) is 5.26 Å². The predicted molar refractivity (Wildman–Crippen MR) is 75.1 cm³/mol. The van der Waals surface area contributed by atoms with E-state index in [0.29, 0.717) is 23.7 Å². The standard InChI is InChI=1S/C14H15N3O4/c1-2-20-12-6-9(5-10(7-15)14(17)19)3-4-11(12)21-8-13(16)18/h3-6H,2,8H2,1H3,(H2,16,18)(H2,17,19)/b10-5-. The maximum absolute atomic E-state index is 11.0. The first kappa shape index (κ1) is 16.0. The monoisotopic (exact) mass is 289 g/mol. The summed E-state index contributed by atoms with van der Waals surface area (Å²) in [5.41, 5.74) is 10.4. The first-order valence-corrected chi connectivity index (χ1v) is 6.07. The summed E-state index contributed by atoms with van der Waals surface area (Å²) in [6, 6.07) is 6.43. The van der Waals surface area contributed by atoms with Crippen molar-refractivity contribution in [1.82, 2.24) is 0 Å². The lowest BCUT2D eigenvalue weighted by Gasteiger charge is -2.11. The number of amides is 2. The normalized spacial score (nSPS) is 10.6. The lowest BCUT2D eigenvalue weighted by molar-refractivity contribution is -0.120. The van der Waals surface area contributed by atoms with Crippen LogP contribution in [0.15, 0.2) is 23.8 Å². The Morgan fingerprint density at radius 2 is 2.00 bits per heavy atom. The van der Waals surface area contributed by atoms with Crippen molar-refractivity contribution < 1.29 is 19.1 Å². The van der Waals surface area contributed by atoms with Gasteiger partial charge in [-0.2, -0.15) is 5.26 Å². The molecular formula is C14H15N3O4. The summed E-state index contributed by atoms with van der Waals surface area (Å²) in [6.45, 7) is 1.88. The van der Waals surface area contributed by atoms with Crippen LogP contribution in [0.4, 0.5) is 0 Å². The number of carbonyl (C=O) groups is 2. The van der Waals surface area contributed by atoms with Gasteiger partial charge in [0.2, 0.25) is 0 Å². The molecule has 4 N–H and O–H groups in total. The van der Waals surface area contributed by atoms with E-state index >= 15 is 0 Å². The average Bonchev–Trinajstić information content (AvgIpc) is 2.43. The molecule has 0 fully saturated rings. The highest BCUT2D eigenvalue weighted by Crippen LogP contribution is 2.29. The largest absolute Gasteiger partial charge is 0.490 e. The summed E-state index contributed by atoms with van der Waals surface area (Å²) in [4.78, 5) is 21.7. The van der Waals surface area contributed by atoms with Crippen LogP contribution in [0, 0.1) is 11.3 Å². The summed E-state index contributed by atoms with van der Waals surface area (Å²) in [5.74, 6) is -0.717. The molecule has 0 atom stereocenters. The third-order valence-corrected chi connectivity index (χ3v) is 2.33. The molecule has 0 heterocycles. The quantitative estimate of drug-likeness (QED) is 0.552. The van der Waals surface area contributed by atoms with Crippen molar-refractivity contribution in [3.8, 4) is 17.6 Å². The maximum Gasteiger partial charge on any atom is 0.259 e. The lowest BCUT2D eigenvalue weighted by Crippen LogP contribution is -2.20. The number of hydrogen-bond donors (Lipinski definition) is 2. The Morgan fingerprint density at radius 1 is 1.29 bits per heavy atom. The Balaban J connectivity index is 3.10. The van der Waals surface area contributed by atoms with Crippen molar-refractivity contribution in [3.63, 3.8) is 0 Å². The van der Waals surface area contributed by atoms with Crippen LogP contribution in [0.25, 0.3) is 6.08 Å². The van der Waals surface area contributed by atoms with Crippen molar-refractivity contribution in [2.45, 2.75) is 6.92 Å². The second kappa shape index (κ2) is 7.55. The van der Waals surface area contributed by atoms with Gasteiger partial charge in [-0.25, -0.2) is 0 Å². The Hall–Kier alpha value is -3.01. The molecule has 1 aromatic rings. The summed E-state index contributed by atoms with van der Waals surface area (Å²) in [5, 5.41) is 8.80. The van der Waals surface area contributed by atoms with Gasteiger partial charge in [0, 0.05) is 0 Å². The third-order valence-electron chi connectivity index (χ3n) is 2.33. The molecule has 0 unspecified atom stereocenters. The van der Waals surface area contributed by atoms with Crippen LogP contribution in [0.1, 0.15) is 12.5 Å². The Morgan fingerprint density at radius 3 is 2.52 bits per heavy atom. The number of ether oxygens (including phenoxy) is 2. The van der Waals surface area contributed by atoms with E-state index in [4.69, 9.17) is 26.2 Å². The zero-order valence-corrected chi connectivity index (χ0v) is 11.5. The second-order valence-electron chi connectivity index (χ2n) is 3.93. The summed E-state index contributed by atoms with van der Waals surface area (Å²) in [7, 11) is 0. The van der Waals surface area contributed by atoms with E-state index in [1.54, 1.807) is 31.2 Å². The van der Waals surface area contributed by atoms with Crippen LogP contribution in [-0.4, -0.2) is 25.0 Å². The van der Waals surface area contributed by atoms with Crippen LogP contribution in [-0.2, 0) is 9.59 Å². The molecule has 7 nitrogen and oxygen atoms in total. The number of benzene rings is 1. The van der Waals surface area contributed by atoms with Crippen LogP contribution < -0.4 is 20.9 Å². The van der Waals surface area contributed by atoms with Crippen molar-refractivity contribution in [3.05, 3.63) is 29.3 Å². The molecule has 2 amide bonds. The molecule has 0 aliphatic heterocycles. The fourth-order valence-corrected chi connectivity index (χ4v) is 1.48. The van der Waals surface area contributed by atoms with Gasteiger partial charge in [0.15, 0.2) is 18.1 Å². The Bertz CT molecular complexity index is 617. The van der Waals surface area contributed by atoms with Gasteiger partial charge >= 0.3 is 0 Å². The number of primary amides is 2. The van der Waals surface area contributed by atoms with Gasteiger partial charge in [0.05, 0.1) is 6.61 Å². The molecule has 0 saturated heterocycles. The highest BCUT2D eigenvalue weighted by Gasteiger charge is 2.09. The van der Waals surface area contributed by atoms with Gasteiger partial charge in [0.25, 0.3) is 11.8 Å². The van der Waals surface area contributed by atoms with E-state index in [9.17, 15) is 9.59 Å². The molecule has 0 saturated carbocycles. The minimum absolute atomic E-state index is 0.178. The molecular weight excluding hydrogens is 274 g/mol. The van der Waals surface area contributed by atoms with Crippen LogP contribution in [0.5, 0.6) is 11.5 Å². The molecule has 0 bridgehead atoms.